The molecular weight excluding hydrogens is 288 g/mol. The van der Waals surface area contributed by atoms with Crippen LogP contribution in [0, 0.1) is 11.6 Å². The number of hydrogen-bond donors (Lipinski definition) is 1. The van der Waals surface area contributed by atoms with Crippen molar-refractivity contribution in [2.75, 3.05) is 0 Å². The first kappa shape index (κ1) is 16.1. The first-order valence-electron chi connectivity index (χ1n) is 7.05. The molecule has 0 radical (unpaired) electrons. The van der Waals surface area contributed by atoms with Gasteiger partial charge in [0.05, 0.1) is 0 Å². The molecule has 1 nitrogen and oxygen atoms in total. The molecule has 1 unspecified atom stereocenters. The van der Waals surface area contributed by atoms with Gasteiger partial charge in [0.15, 0.2) is 11.6 Å². The van der Waals surface area contributed by atoms with Crippen molar-refractivity contribution in [3.05, 3.63) is 57.3 Å². The number of nitrogens with one attached hydrogen (secondary N) is 1. The lowest BCUT2D eigenvalue weighted by Crippen LogP contribution is -2.17. The fraction of sp³-hybridized carbons (Fsp3) is 0.412. The molecular formula is C17H21F2NS. The van der Waals surface area contributed by atoms with E-state index in [0.29, 0.717) is 0 Å². The molecule has 2 rings (SSSR count). The minimum absolute atomic E-state index is 0.0275. The van der Waals surface area contributed by atoms with Crippen molar-refractivity contribution in [2.45, 2.75) is 45.7 Å². The molecule has 0 amide bonds. The van der Waals surface area contributed by atoms with Gasteiger partial charge in [-0.2, -0.15) is 0 Å². The van der Waals surface area contributed by atoms with E-state index in [4.69, 9.17) is 0 Å². The molecule has 0 aliphatic heterocycles. The predicted molar refractivity (Wildman–Crippen MR) is 84.6 cm³/mol. The molecule has 114 valence electrons. The van der Waals surface area contributed by atoms with E-state index >= 15 is 0 Å². The quantitative estimate of drug-likeness (QED) is 0.821. The maximum absolute atomic E-state index is 13.2. The van der Waals surface area contributed by atoms with Gasteiger partial charge in [0.2, 0.25) is 0 Å². The first-order valence-corrected chi connectivity index (χ1v) is 7.86. The predicted octanol–water partition coefficient (Wildman–Crippen LogP) is 5.17. The Morgan fingerprint density at radius 3 is 2.38 bits per heavy atom. The Bertz CT molecular complexity index is 613. The van der Waals surface area contributed by atoms with Gasteiger partial charge < -0.3 is 5.32 Å². The maximum atomic E-state index is 13.2. The SMILES string of the molecule is CC(NCc1ccc(C(C)(C)C)s1)c1ccc(F)c(F)c1. The van der Waals surface area contributed by atoms with E-state index in [1.165, 1.54) is 21.9 Å². The van der Waals surface area contributed by atoms with Gasteiger partial charge >= 0.3 is 0 Å². The Kier molecular flexibility index (Phi) is 4.79. The van der Waals surface area contributed by atoms with E-state index in [9.17, 15) is 8.78 Å². The van der Waals surface area contributed by atoms with Crippen LogP contribution in [-0.4, -0.2) is 0 Å². The lowest BCUT2D eigenvalue weighted by Gasteiger charge is -2.16. The Hall–Kier alpha value is -1.26. The summed E-state index contributed by atoms with van der Waals surface area (Å²) in [6.07, 6.45) is 0. The maximum Gasteiger partial charge on any atom is 0.159 e. The van der Waals surface area contributed by atoms with Gasteiger partial charge in [0.25, 0.3) is 0 Å². The van der Waals surface area contributed by atoms with Gasteiger partial charge in [-0.3, -0.25) is 0 Å². The number of thiophene rings is 1. The minimum atomic E-state index is -0.806. The fourth-order valence-corrected chi connectivity index (χ4v) is 3.05. The smallest absolute Gasteiger partial charge is 0.159 e. The summed E-state index contributed by atoms with van der Waals surface area (Å²) in [4.78, 5) is 2.59. The van der Waals surface area contributed by atoms with Crippen LogP contribution in [0.25, 0.3) is 0 Å². The van der Waals surface area contributed by atoms with E-state index in [1.807, 2.05) is 6.92 Å². The van der Waals surface area contributed by atoms with Crippen LogP contribution in [0.3, 0.4) is 0 Å². The largest absolute Gasteiger partial charge is 0.305 e. The van der Waals surface area contributed by atoms with Crippen LogP contribution in [0.2, 0.25) is 0 Å². The number of halogens is 2. The average Bonchev–Trinajstić information content (AvgIpc) is 2.88. The highest BCUT2D eigenvalue weighted by Gasteiger charge is 2.16. The highest BCUT2D eigenvalue weighted by Crippen LogP contribution is 2.29. The summed E-state index contributed by atoms with van der Waals surface area (Å²) in [5.41, 5.74) is 0.913. The molecule has 1 aromatic carbocycles. The Labute approximate surface area is 129 Å². The number of benzene rings is 1. The van der Waals surface area contributed by atoms with Gasteiger partial charge in [0.1, 0.15) is 0 Å². The zero-order valence-corrected chi connectivity index (χ0v) is 13.7. The van der Waals surface area contributed by atoms with Crippen LogP contribution >= 0.6 is 11.3 Å². The summed E-state index contributed by atoms with van der Waals surface area (Å²) in [7, 11) is 0. The van der Waals surface area contributed by atoms with Crippen LogP contribution in [0.5, 0.6) is 0 Å². The molecule has 0 bridgehead atoms. The molecule has 1 heterocycles. The third-order valence-corrected chi connectivity index (χ3v) is 4.94. The van der Waals surface area contributed by atoms with E-state index < -0.39 is 11.6 Å². The zero-order valence-electron chi connectivity index (χ0n) is 12.8. The zero-order chi connectivity index (χ0) is 15.6. The molecule has 4 heteroatoms. The van der Waals surface area contributed by atoms with E-state index in [0.717, 1.165) is 12.1 Å². The summed E-state index contributed by atoms with van der Waals surface area (Å²) < 4.78 is 26.2. The van der Waals surface area contributed by atoms with Crippen molar-refractivity contribution in [1.82, 2.24) is 5.32 Å². The highest BCUT2D eigenvalue weighted by atomic mass is 32.1. The Morgan fingerprint density at radius 2 is 1.81 bits per heavy atom. The van der Waals surface area contributed by atoms with E-state index in [1.54, 1.807) is 17.4 Å². The third kappa shape index (κ3) is 4.11. The monoisotopic (exact) mass is 309 g/mol. The number of rotatable bonds is 4. The molecule has 0 saturated heterocycles. The molecule has 0 fully saturated rings. The van der Waals surface area contributed by atoms with E-state index in [2.05, 4.69) is 38.2 Å². The molecule has 0 aliphatic rings. The molecule has 0 spiro atoms. The number of hydrogen-bond acceptors (Lipinski definition) is 2. The third-order valence-electron chi connectivity index (χ3n) is 3.43. The van der Waals surface area contributed by atoms with Crippen molar-refractivity contribution in [3.8, 4) is 0 Å². The van der Waals surface area contributed by atoms with Gasteiger partial charge in [-0.05, 0) is 42.2 Å². The Balaban J connectivity index is 1.99. The second-order valence-corrected chi connectivity index (χ2v) is 7.46. The molecule has 1 atom stereocenters. The standard InChI is InChI=1S/C17H21F2NS/c1-11(12-5-7-14(18)15(19)9-12)20-10-13-6-8-16(21-13)17(2,3)4/h5-9,11,20H,10H2,1-4H3. The lowest BCUT2D eigenvalue weighted by molar-refractivity contribution is 0.501. The van der Waals surface area contributed by atoms with Crippen molar-refractivity contribution >= 4 is 11.3 Å². The molecule has 21 heavy (non-hydrogen) atoms. The lowest BCUT2D eigenvalue weighted by atomic mass is 9.95. The molecule has 0 saturated carbocycles. The second-order valence-electron chi connectivity index (χ2n) is 6.29. The summed E-state index contributed by atoms with van der Waals surface area (Å²) in [5.74, 6) is -1.61. The van der Waals surface area contributed by atoms with Crippen molar-refractivity contribution < 1.29 is 8.78 Å². The molecule has 1 aromatic heterocycles. The van der Waals surface area contributed by atoms with Crippen LogP contribution in [-0.2, 0) is 12.0 Å². The van der Waals surface area contributed by atoms with Crippen molar-refractivity contribution in [1.29, 1.82) is 0 Å². The topological polar surface area (TPSA) is 12.0 Å². The van der Waals surface area contributed by atoms with Crippen molar-refractivity contribution in [3.63, 3.8) is 0 Å². The van der Waals surface area contributed by atoms with Gasteiger partial charge in [-0.25, -0.2) is 8.78 Å². The fourth-order valence-electron chi connectivity index (χ4n) is 2.03. The highest BCUT2D eigenvalue weighted by molar-refractivity contribution is 7.12. The van der Waals surface area contributed by atoms with Gasteiger partial charge in [-0.1, -0.05) is 26.8 Å². The van der Waals surface area contributed by atoms with Crippen LogP contribution in [0.1, 0.15) is 49.1 Å². The second kappa shape index (κ2) is 6.24. The summed E-state index contributed by atoms with van der Waals surface area (Å²) in [5, 5.41) is 3.35. The molecule has 1 N–H and O–H groups in total. The summed E-state index contributed by atoms with van der Waals surface area (Å²) in [6, 6.07) is 8.29. The van der Waals surface area contributed by atoms with Gasteiger partial charge in [-0.15, -0.1) is 11.3 Å². The first-order chi connectivity index (χ1) is 9.77. The molecule has 2 aromatic rings. The van der Waals surface area contributed by atoms with Crippen LogP contribution in [0.15, 0.2) is 30.3 Å². The summed E-state index contributed by atoms with van der Waals surface area (Å²) >= 11 is 1.79. The summed E-state index contributed by atoms with van der Waals surface area (Å²) in [6.45, 7) is 9.26. The normalized spacial score (nSPS) is 13.4. The van der Waals surface area contributed by atoms with Crippen LogP contribution in [0.4, 0.5) is 8.78 Å². The van der Waals surface area contributed by atoms with Crippen LogP contribution < -0.4 is 5.32 Å². The van der Waals surface area contributed by atoms with E-state index in [-0.39, 0.29) is 11.5 Å². The minimum Gasteiger partial charge on any atom is -0.305 e. The molecule has 0 aliphatic carbocycles. The van der Waals surface area contributed by atoms with Gasteiger partial charge in [0, 0.05) is 22.3 Å². The van der Waals surface area contributed by atoms with Crippen molar-refractivity contribution in [2.24, 2.45) is 0 Å². The Morgan fingerprint density at radius 1 is 1.10 bits per heavy atom. The average molecular weight is 309 g/mol.